The molecule has 2 rings (SSSR count). The van der Waals surface area contributed by atoms with Crippen LogP contribution in [0.3, 0.4) is 0 Å². The number of ether oxygens (including phenoxy) is 3. The van der Waals surface area contributed by atoms with Crippen LogP contribution in [0, 0.1) is 10.1 Å². The lowest BCUT2D eigenvalue weighted by Crippen LogP contribution is -2.01. The van der Waals surface area contributed by atoms with E-state index in [0.717, 1.165) is 0 Å². The van der Waals surface area contributed by atoms with Gasteiger partial charge in [-0.05, 0) is 6.07 Å². The summed E-state index contributed by atoms with van der Waals surface area (Å²) in [5.41, 5.74) is 5.27. The second kappa shape index (κ2) is 5.90. The fraction of sp³-hybridized carbons (Fsp3) is 0.167. The van der Waals surface area contributed by atoms with Crippen molar-refractivity contribution in [3.05, 3.63) is 34.4 Å². The van der Waals surface area contributed by atoms with E-state index in [1.165, 1.54) is 38.5 Å². The first-order chi connectivity index (χ1) is 10.0. The summed E-state index contributed by atoms with van der Waals surface area (Å²) in [7, 11) is 2.84. The summed E-state index contributed by atoms with van der Waals surface area (Å²) in [6, 6.07) is 5.47. The first-order valence-electron chi connectivity index (χ1n) is 5.72. The maximum atomic E-state index is 11.0. The van der Waals surface area contributed by atoms with E-state index in [0.29, 0.717) is 5.75 Å². The predicted molar refractivity (Wildman–Crippen MR) is 72.7 cm³/mol. The fourth-order valence-electron chi connectivity index (χ4n) is 1.54. The van der Waals surface area contributed by atoms with Gasteiger partial charge in [0, 0.05) is 12.1 Å². The molecule has 1 aromatic heterocycles. The van der Waals surface area contributed by atoms with Crippen LogP contribution in [0.1, 0.15) is 0 Å². The lowest BCUT2D eigenvalue weighted by molar-refractivity contribution is -0.385. The van der Waals surface area contributed by atoms with Gasteiger partial charge < -0.3 is 19.9 Å². The maximum Gasteiger partial charge on any atom is 0.311 e. The summed E-state index contributed by atoms with van der Waals surface area (Å²) in [4.78, 5) is 18.1. The van der Waals surface area contributed by atoms with Crippen LogP contribution < -0.4 is 19.9 Å². The SMILES string of the molecule is COc1ccc([N+](=O)[O-])c(Oc2cc(OC)nc(N)n2)c1. The minimum Gasteiger partial charge on any atom is -0.497 e. The third-order valence-corrected chi connectivity index (χ3v) is 2.48. The van der Waals surface area contributed by atoms with E-state index in [1.807, 2.05) is 0 Å². The normalized spacial score (nSPS) is 10.0. The Morgan fingerprint density at radius 2 is 1.86 bits per heavy atom. The van der Waals surface area contributed by atoms with E-state index in [-0.39, 0.29) is 29.1 Å². The summed E-state index contributed by atoms with van der Waals surface area (Å²) < 4.78 is 15.3. The molecule has 0 amide bonds. The minimum atomic E-state index is -0.573. The number of methoxy groups -OCH3 is 2. The first kappa shape index (κ1) is 14.3. The smallest absolute Gasteiger partial charge is 0.311 e. The highest BCUT2D eigenvalue weighted by molar-refractivity contribution is 5.52. The van der Waals surface area contributed by atoms with Crippen molar-refractivity contribution >= 4 is 11.6 Å². The van der Waals surface area contributed by atoms with Gasteiger partial charge in [0.25, 0.3) is 0 Å². The molecule has 0 fully saturated rings. The van der Waals surface area contributed by atoms with Crippen molar-refractivity contribution in [1.29, 1.82) is 0 Å². The van der Waals surface area contributed by atoms with Gasteiger partial charge in [-0.3, -0.25) is 10.1 Å². The van der Waals surface area contributed by atoms with E-state index in [2.05, 4.69) is 9.97 Å². The number of aromatic nitrogens is 2. The van der Waals surface area contributed by atoms with E-state index >= 15 is 0 Å². The Bertz CT molecular complexity index is 677. The maximum absolute atomic E-state index is 11.0. The van der Waals surface area contributed by atoms with Crippen molar-refractivity contribution < 1.29 is 19.1 Å². The number of nitrogen functional groups attached to an aromatic ring is 1. The molecule has 1 aromatic carbocycles. The molecule has 0 aliphatic rings. The Balaban J connectivity index is 2.42. The molecule has 0 radical (unpaired) electrons. The van der Waals surface area contributed by atoms with Crippen molar-refractivity contribution in [3.63, 3.8) is 0 Å². The molecule has 0 spiro atoms. The third-order valence-electron chi connectivity index (χ3n) is 2.48. The standard InChI is InChI=1S/C12H12N4O5/c1-19-7-3-4-8(16(17)18)9(5-7)21-11-6-10(20-2)14-12(13)15-11/h3-6H,1-2H3,(H2,13,14,15). The summed E-state index contributed by atoms with van der Waals surface area (Å²) in [6.45, 7) is 0. The molecule has 2 aromatic rings. The molecule has 1 heterocycles. The van der Waals surface area contributed by atoms with Crippen LogP contribution in [0.15, 0.2) is 24.3 Å². The zero-order chi connectivity index (χ0) is 15.4. The number of hydrogen-bond acceptors (Lipinski definition) is 8. The van der Waals surface area contributed by atoms with Crippen molar-refractivity contribution in [2.45, 2.75) is 0 Å². The Hall–Kier alpha value is -3.10. The quantitative estimate of drug-likeness (QED) is 0.653. The van der Waals surface area contributed by atoms with Crippen LogP contribution in [0.2, 0.25) is 0 Å². The molecule has 9 heteroatoms. The highest BCUT2D eigenvalue weighted by atomic mass is 16.6. The summed E-state index contributed by atoms with van der Waals surface area (Å²) in [5, 5.41) is 11.0. The summed E-state index contributed by atoms with van der Waals surface area (Å²) in [6.07, 6.45) is 0. The number of nitrogens with zero attached hydrogens (tertiary/aromatic N) is 3. The number of benzene rings is 1. The van der Waals surface area contributed by atoms with Crippen LogP contribution in [-0.2, 0) is 0 Å². The van der Waals surface area contributed by atoms with Crippen molar-refractivity contribution in [2.75, 3.05) is 20.0 Å². The number of rotatable bonds is 5. The molecule has 2 N–H and O–H groups in total. The lowest BCUT2D eigenvalue weighted by atomic mass is 10.3. The molecule has 110 valence electrons. The largest absolute Gasteiger partial charge is 0.497 e. The van der Waals surface area contributed by atoms with Gasteiger partial charge in [0.2, 0.25) is 23.5 Å². The number of nitro benzene ring substituents is 1. The second-order valence-electron chi connectivity index (χ2n) is 3.80. The van der Waals surface area contributed by atoms with Gasteiger partial charge in [-0.25, -0.2) is 0 Å². The molecule has 9 nitrogen and oxygen atoms in total. The highest BCUT2D eigenvalue weighted by Gasteiger charge is 2.18. The van der Waals surface area contributed by atoms with E-state index < -0.39 is 4.92 Å². The number of nitro groups is 1. The number of hydrogen-bond donors (Lipinski definition) is 1. The fourth-order valence-corrected chi connectivity index (χ4v) is 1.54. The first-order valence-corrected chi connectivity index (χ1v) is 5.72. The van der Waals surface area contributed by atoms with Gasteiger partial charge in [-0.2, -0.15) is 9.97 Å². The molecule has 0 saturated heterocycles. The van der Waals surface area contributed by atoms with Crippen molar-refractivity contribution in [3.8, 4) is 23.3 Å². The van der Waals surface area contributed by atoms with Crippen molar-refractivity contribution in [2.24, 2.45) is 0 Å². The Morgan fingerprint density at radius 3 is 2.48 bits per heavy atom. The highest BCUT2D eigenvalue weighted by Crippen LogP contribution is 2.34. The van der Waals surface area contributed by atoms with Crippen LogP contribution in [0.25, 0.3) is 0 Å². The molecule has 0 aliphatic carbocycles. The average molecular weight is 292 g/mol. The van der Waals surface area contributed by atoms with Crippen molar-refractivity contribution in [1.82, 2.24) is 9.97 Å². The van der Waals surface area contributed by atoms with Gasteiger partial charge in [0.05, 0.1) is 25.2 Å². The molecular formula is C12H12N4O5. The van der Waals surface area contributed by atoms with Crippen LogP contribution in [-0.4, -0.2) is 29.1 Å². The average Bonchev–Trinajstić information content (AvgIpc) is 2.46. The Morgan fingerprint density at radius 1 is 1.14 bits per heavy atom. The second-order valence-corrected chi connectivity index (χ2v) is 3.80. The monoisotopic (exact) mass is 292 g/mol. The topological polar surface area (TPSA) is 123 Å². The van der Waals surface area contributed by atoms with Gasteiger partial charge in [-0.15, -0.1) is 0 Å². The summed E-state index contributed by atoms with van der Waals surface area (Å²) >= 11 is 0. The zero-order valence-corrected chi connectivity index (χ0v) is 11.3. The Kier molecular flexibility index (Phi) is 4.02. The van der Waals surface area contributed by atoms with Gasteiger partial charge in [0.15, 0.2) is 0 Å². The minimum absolute atomic E-state index is 0.0238. The Labute approximate surface area is 119 Å². The number of nitrogens with two attached hydrogens (primary N) is 1. The molecule has 0 atom stereocenters. The van der Waals surface area contributed by atoms with Crippen LogP contribution in [0.4, 0.5) is 11.6 Å². The molecule has 0 bridgehead atoms. The van der Waals surface area contributed by atoms with Gasteiger partial charge >= 0.3 is 5.69 Å². The summed E-state index contributed by atoms with van der Waals surface area (Å²) in [5.74, 6) is 0.512. The van der Waals surface area contributed by atoms with E-state index in [4.69, 9.17) is 19.9 Å². The molecule has 0 unspecified atom stereocenters. The molecular weight excluding hydrogens is 280 g/mol. The third kappa shape index (κ3) is 3.26. The molecule has 21 heavy (non-hydrogen) atoms. The van der Waals surface area contributed by atoms with Crippen LogP contribution in [0.5, 0.6) is 23.3 Å². The zero-order valence-electron chi connectivity index (χ0n) is 11.3. The van der Waals surface area contributed by atoms with Gasteiger partial charge in [0.1, 0.15) is 5.75 Å². The lowest BCUT2D eigenvalue weighted by Gasteiger charge is -2.08. The van der Waals surface area contributed by atoms with E-state index in [9.17, 15) is 10.1 Å². The predicted octanol–water partition coefficient (Wildman–Crippen LogP) is 1.78. The molecule has 0 saturated carbocycles. The van der Waals surface area contributed by atoms with Gasteiger partial charge in [-0.1, -0.05) is 0 Å². The molecule has 0 aliphatic heterocycles. The number of anilines is 1. The van der Waals surface area contributed by atoms with Crippen LogP contribution >= 0.6 is 0 Å². The van der Waals surface area contributed by atoms with E-state index in [1.54, 1.807) is 0 Å².